The molecule has 8 nitrogen and oxygen atoms in total. The number of nitro groups is 1. The summed E-state index contributed by atoms with van der Waals surface area (Å²) in [6, 6.07) is 7.41. The fourth-order valence-corrected chi connectivity index (χ4v) is 2.06. The van der Waals surface area contributed by atoms with Crippen molar-refractivity contribution in [1.82, 2.24) is 14.9 Å². The van der Waals surface area contributed by atoms with E-state index in [1.807, 2.05) is 24.3 Å². The van der Waals surface area contributed by atoms with Crippen molar-refractivity contribution in [3.8, 4) is 5.75 Å². The Kier molecular flexibility index (Phi) is 5.29. The molecule has 1 aromatic carbocycles. The van der Waals surface area contributed by atoms with Crippen molar-refractivity contribution in [1.29, 1.82) is 0 Å². The first kappa shape index (κ1) is 16.5. The predicted octanol–water partition coefficient (Wildman–Crippen LogP) is 1.81. The highest BCUT2D eigenvalue weighted by Gasteiger charge is 2.15. The number of aromatic nitrogens is 2. The Bertz CT molecular complexity index is 694. The van der Waals surface area contributed by atoms with Gasteiger partial charge in [-0.05, 0) is 27.6 Å². The fourth-order valence-electron chi connectivity index (χ4n) is 2.06. The molecule has 1 aromatic heterocycles. The molecule has 23 heavy (non-hydrogen) atoms. The molecule has 1 N–H and O–H groups in total. The van der Waals surface area contributed by atoms with Crippen LogP contribution in [0, 0.1) is 17.0 Å². The van der Waals surface area contributed by atoms with E-state index in [4.69, 9.17) is 4.74 Å². The average Bonchev–Trinajstić information content (AvgIpc) is 2.92. The summed E-state index contributed by atoms with van der Waals surface area (Å²) >= 11 is 0. The minimum Gasteiger partial charge on any atom is -0.497 e. The van der Waals surface area contributed by atoms with Gasteiger partial charge in [0.05, 0.1) is 7.11 Å². The van der Waals surface area contributed by atoms with Crippen LogP contribution in [0.4, 0.5) is 5.82 Å². The van der Waals surface area contributed by atoms with Gasteiger partial charge in [-0.3, -0.25) is 4.79 Å². The van der Waals surface area contributed by atoms with Crippen molar-refractivity contribution in [2.24, 2.45) is 0 Å². The van der Waals surface area contributed by atoms with Gasteiger partial charge in [-0.1, -0.05) is 12.1 Å². The minimum atomic E-state index is -0.548. The third kappa shape index (κ3) is 4.53. The second-order valence-electron chi connectivity index (χ2n) is 4.97. The number of benzene rings is 1. The van der Waals surface area contributed by atoms with Gasteiger partial charge in [0.25, 0.3) is 0 Å². The highest BCUT2D eigenvalue weighted by Crippen LogP contribution is 2.12. The van der Waals surface area contributed by atoms with E-state index in [1.165, 1.54) is 6.20 Å². The molecule has 122 valence electrons. The topological polar surface area (TPSA) is 99.3 Å². The molecule has 0 spiro atoms. The molecule has 0 saturated carbocycles. The number of nitrogens with zero attached hydrogens (tertiary/aromatic N) is 3. The quantitative estimate of drug-likeness (QED) is 0.620. The van der Waals surface area contributed by atoms with Crippen LogP contribution in [0.25, 0.3) is 0 Å². The molecule has 0 aliphatic rings. The fraction of sp³-hybridized carbons (Fsp3) is 0.333. The zero-order chi connectivity index (χ0) is 16.8. The number of nitrogens with one attached hydrogen (secondary N) is 1. The van der Waals surface area contributed by atoms with Crippen molar-refractivity contribution in [3.63, 3.8) is 0 Å². The van der Waals surface area contributed by atoms with Crippen molar-refractivity contribution in [3.05, 3.63) is 52.0 Å². The maximum atomic E-state index is 11.9. The summed E-state index contributed by atoms with van der Waals surface area (Å²) in [5, 5.41) is 13.5. The van der Waals surface area contributed by atoms with Gasteiger partial charge in [0.1, 0.15) is 11.9 Å². The Morgan fingerprint density at radius 2 is 2.09 bits per heavy atom. The number of ether oxygens (including phenoxy) is 1. The Hall–Kier alpha value is -2.90. The van der Waals surface area contributed by atoms with Gasteiger partial charge < -0.3 is 24.7 Å². The summed E-state index contributed by atoms with van der Waals surface area (Å²) in [4.78, 5) is 25.8. The molecule has 2 rings (SSSR count). The summed E-state index contributed by atoms with van der Waals surface area (Å²) in [5.41, 5.74) is 0.966. The monoisotopic (exact) mass is 318 g/mol. The maximum Gasteiger partial charge on any atom is 0.381 e. The first-order valence-electron chi connectivity index (χ1n) is 7.07. The van der Waals surface area contributed by atoms with Crippen LogP contribution < -0.4 is 10.1 Å². The predicted molar refractivity (Wildman–Crippen MR) is 83.1 cm³/mol. The number of amides is 1. The number of methoxy groups -OCH3 is 1. The van der Waals surface area contributed by atoms with Crippen LogP contribution in [0.2, 0.25) is 0 Å². The van der Waals surface area contributed by atoms with Crippen molar-refractivity contribution in [2.75, 3.05) is 7.11 Å². The zero-order valence-electron chi connectivity index (χ0n) is 13.0. The largest absolute Gasteiger partial charge is 0.497 e. The van der Waals surface area contributed by atoms with Crippen LogP contribution in [0.15, 0.2) is 30.5 Å². The van der Waals surface area contributed by atoms with Crippen molar-refractivity contribution >= 4 is 11.7 Å². The van der Waals surface area contributed by atoms with Gasteiger partial charge in [0.15, 0.2) is 0 Å². The normalized spacial score (nSPS) is 10.3. The van der Waals surface area contributed by atoms with Crippen molar-refractivity contribution < 1.29 is 14.5 Å². The number of hydrogen-bond acceptors (Lipinski definition) is 5. The van der Waals surface area contributed by atoms with Gasteiger partial charge in [-0.25, -0.2) is 0 Å². The summed E-state index contributed by atoms with van der Waals surface area (Å²) < 4.78 is 6.67. The van der Waals surface area contributed by atoms with Crippen LogP contribution in [0.3, 0.4) is 0 Å². The lowest BCUT2D eigenvalue weighted by molar-refractivity contribution is -0.389. The van der Waals surface area contributed by atoms with Gasteiger partial charge in [0.2, 0.25) is 11.7 Å². The number of carbonyl (C=O) groups is 1. The summed E-state index contributed by atoms with van der Waals surface area (Å²) in [6.45, 7) is 2.44. The van der Waals surface area contributed by atoms with Gasteiger partial charge in [-0.15, -0.1) is 0 Å². The minimum absolute atomic E-state index is 0.128. The van der Waals surface area contributed by atoms with Crippen LogP contribution >= 0.6 is 0 Å². The number of aryl methyl sites for hydroxylation is 2. The number of carbonyl (C=O) groups excluding carboxylic acids is 1. The molecule has 1 amide bonds. The van der Waals surface area contributed by atoms with Gasteiger partial charge in [0, 0.05) is 26.4 Å². The zero-order valence-corrected chi connectivity index (χ0v) is 13.0. The van der Waals surface area contributed by atoms with E-state index in [0.29, 0.717) is 18.9 Å². The molecule has 0 fully saturated rings. The molecule has 0 radical (unpaired) electrons. The number of rotatable bonds is 7. The van der Waals surface area contributed by atoms with Crippen molar-refractivity contribution in [2.45, 2.75) is 26.4 Å². The van der Waals surface area contributed by atoms with E-state index in [1.54, 1.807) is 18.6 Å². The summed E-state index contributed by atoms with van der Waals surface area (Å²) in [5.74, 6) is 0.939. The second kappa shape index (κ2) is 7.39. The first-order chi connectivity index (χ1) is 11.0. The molecular weight excluding hydrogens is 300 g/mol. The number of imidazole rings is 1. The standard InChI is InChI=1S/C15H18N4O4/c1-11-17-14(19(21)22)10-18(11)8-7-15(20)16-9-12-3-5-13(23-2)6-4-12/h3-6,10H,7-9H2,1-2H3,(H,16,20). The molecule has 0 bridgehead atoms. The molecule has 0 saturated heterocycles. The van der Waals surface area contributed by atoms with E-state index in [2.05, 4.69) is 10.3 Å². The lowest BCUT2D eigenvalue weighted by Crippen LogP contribution is -2.24. The van der Waals surface area contributed by atoms with E-state index in [9.17, 15) is 14.9 Å². The maximum absolute atomic E-state index is 11.9. The Morgan fingerprint density at radius 1 is 1.39 bits per heavy atom. The Labute approximate surface area is 133 Å². The second-order valence-corrected chi connectivity index (χ2v) is 4.97. The van der Waals surface area contributed by atoms with E-state index in [0.717, 1.165) is 11.3 Å². The van der Waals surface area contributed by atoms with E-state index < -0.39 is 4.92 Å². The lowest BCUT2D eigenvalue weighted by Gasteiger charge is -2.07. The average molecular weight is 318 g/mol. The third-order valence-electron chi connectivity index (χ3n) is 3.38. The third-order valence-corrected chi connectivity index (χ3v) is 3.38. The molecule has 0 aliphatic heterocycles. The summed E-state index contributed by atoms with van der Waals surface area (Å²) in [6.07, 6.45) is 1.57. The molecule has 2 aromatic rings. The van der Waals surface area contributed by atoms with Crippen LogP contribution in [-0.2, 0) is 17.9 Å². The molecule has 0 aliphatic carbocycles. The van der Waals surface area contributed by atoms with Gasteiger partial charge in [-0.2, -0.15) is 0 Å². The van der Waals surface area contributed by atoms with Crippen LogP contribution in [-0.4, -0.2) is 27.5 Å². The van der Waals surface area contributed by atoms with Crippen LogP contribution in [0.1, 0.15) is 17.8 Å². The Balaban J connectivity index is 1.81. The van der Waals surface area contributed by atoms with Crippen LogP contribution in [0.5, 0.6) is 5.75 Å². The molecule has 1 heterocycles. The smallest absolute Gasteiger partial charge is 0.381 e. The molecular formula is C15H18N4O4. The lowest BCUT2D eigenvalue weighted by atomic mass is 10.2. The Morgan fingerprint density at radius 3 is 2.65 bits per heavy atom. The highest BCUT2D eigenvalue weighted by atomic mass is 16.6. The van der Waals surface area contributed by atoms with E-state index >= 15 is 0 Å². The molecule has 0 atom stereocenters. The molecule has 0 unspecified atom stereocenters. The van der Waals surface area contributed by atoms with E-state index in [-0.39, 0.29) is 18.1 Å². The molecule has 8 heteroatoms. The summed E-state index contributed by atoms with van der Waals surface area (Å²) in [7, 11) is 1.60. The SMILES string of the molecule is COc1ccc(CNC(=O)CCn2cc([N+](=O)[O-])nc2C)cc1. The number of hydrogen-bond donors (Lipinski definition) is 1. The first-order valence-corrected chi connectivity index (χ1v) is 7.07. The highest BCUT2D eigenvalue weighted by molar-refractivity contribution is 5.75. The van der Waals surface area contributed by atoms with Gasteiger partial charge >= 0.3 is 5.82 Å².